The van der Waals surface area contributed by atoms with Crippen LogP contribution in [0.1, 0.15) is 31.3 Å². The van der Waals surface area contributed by atoms with Crippen molar-refractivity contribution in [3.8, 4) is 5.75 Å². The van der Waals surface area contributed by atoms with Gasteiger partial charge < -0.3 is 14.7 Å². The fraction of sp³-hybridized carbons (Fsp3) is 0.381. The molecule has 4 atom stereocenters. The van der Waals surface area contributed by atoms with E-state index in [4.69, 9.17) is 13.8 Å². The Balaban J connectivity index is 1.53. The van der Waals surface area contributed by atoms with Crippen molar-refractivity contribution in [2.75, 3.05) is 13.2 Å². The first-order chi connectivity index (χ1) is 16.2. The number of rotatable bonds is 4. The third kappa shape index (κ3) is 4.51. The van der Waals surface area contributed by atoms with Gasteiger partial charge in [0.05, 0.1) is 11.8 Å². The maximum absolute atomic E-state index is 14.9. The van der Waals surface area contributed by atoms with Crippen LogP contribution in [-0.2, 0) is 24.8 Å². The molecule has 0 radical (unpaired) electrons. The molecule has 2 saturated heterocycles. The second-order valence-electron chi connectivity index (χ2n) is 9.08. The minimum absolute atomic E-state index is 0.154. The fourth-order valence-electron chi connectivity index (χ4n) is 3.75. The van der Waals surface area contributed by atoms with E-state index in [1.807, 2.05) is 0 Å². The highest BCUT2D eigenvalue weighted by atomic mass is 31.3. The summed E-state index contributed by atoms with van der Waals surface area (Å²) < 4.78 is 43.5. The lowest BCUT2D eigenvalue weighted by molar-refractivity contribution is -0.152. The van der Waals surface area contributed by atoms with E-state index in [2.05, 4.69) is 4.98 Å². The molecule has 2 amide bonds. The molecular formula is C21H24FN2O9P2+. The average Bonchev–Trinajstić information content (AvgIpc) is 2.76. The lowest BCUT2D eigenvalue weighted by Gasteiger charge is -2.41. The topological polar surface area (TPSA) is 156 Å². The molecule has 11 nitrogen and oxygen atoms in total. The van der Waals surface area contributed by atoms with E-state index >= 15 is 0 Å². The molecule has 4 rings (SSSR count). The standard InChI is InChI=1S/C21H23FN2O9P2/c1-20(2)12-24(18(20)25)19(26)31-14-6-7-15(16(22)9-14)17-32-34(3,28)21(27,35(29,30)33-17)10-13-5-4-8-23-11-13/h4-9,11,17,27-28H,10,12H2,1-3H3/p+1. The van der Waals surface area contributed by atoms with Gasteiger partial charge in [0.15, 0.2) is 0 Å². The number of amides is 2. The zero-order valence-corrected chi connectivity index (χ0v) is 20.8. The number of benzene rings is 1. The van der Waals surface area contributed by atoms with Crippen LogP contribution in [0.25, 0.3) is 0 Å². The smallest absolute Gasteiger partial charge is 0.410 e. The number of imide groups is 1. The van der Waals surface area contributed by atoms with Crippen LogP contribution in [0.2, 0.25) is 0 Å². The predicted molar refractivity (Wildman–Crippen MR) is 121 cm³/mol. The fourth-order valence-corrected chi connectivity index (χ4v) is 8.12. The maximum atomic E-state index is 14.9. The molecule has 2 fully saturated rings. The number of ether oxygens (including phenoxy) is 1. The van der Waals surface area contributed by atoms with E-state index in [1.165, 1.54) is 24.5 Å². The second kappa shape index (κ2) is 8.67. The molecule has 35 heavy (non-hydrogen) atoms. The van der Waals surface area contributed by atoms with Crippen LogP contribution in [0.5, 0.6) is 5.75 Å². The lowest BCUT2D eigenvalue weighted by Crippen LogP contribution is -2.61. The van der Waals surface area contributed by atoms with Crippen LogP contribution >= 0.6 is 15.3 Å². The number of β-lactam (4-membered cyclic amide) rings is 1. The quantitative estimate of drug-likeness (QED) is 0.397. The van der Waals surface area contributed by atoms with Crippen molar-refractivity contribution in [1.82, 2.24) is 9.88 Å². The molecule has 3 N–H and O–H groups in total. The first-order valence-electron chi connectivity index (χ1n) is 10.4. The molecule has 3 heterocycles. The lowest BCUT2D eigenvalue weighted by atomic mass is 9.84. The first-order valence-corrected chi connectivity index (χ1v) is 14.1. The third-order valence-electron chi connectivity index (χ3n) is 5.85. The van der Waals surface area contributed by atoms with Crippen LogP contribution in [0.3, 0.4) is 0 Å². The van der Waals surface area contributed by atoms with Crippen LogP contribution in [0.4, 0.5) is 9.18 Å². The number of hydrogen-bond acceptors (Lipinski definition) is 9. The molecule has 1 aromatic heterocycles. The summed E-state index contributed by atoms with van der Waals surface area (Å²) in [5, 5.41) is 8.34. The van der Waals surface area contributed by atoms with Gasteiger partial charge in [0.25, 0.3) is 0 Å². The van der Waals surface area contributed by atoms with Gasteiger partial charge in [-0.25, -0.2) is 19.0 Å². The summed E-state index contributed by atoms with van der Waals surface area (Å²) in [4.78, 5) is 50.4. The molecule has 0 aliphatic carbocycles. The third-order valence-corrected chi connectivity index (χ3v) is 11.4. The summed E-state index contributed by atoms with van der Waals surface area (Å²) in [6, 6.07) is 6.14. The Bertz CT molecular complexity index is 1230. The van der Waals surface area contributed by atoms with E-state index in [0.29, 0.717) is 5.56 Å². The van der Waals surface area contributed by atoms with Gasteiger partial charge in [-0.2, -0.15) is 4.52 Å². The molecule has 14 heteroatoms. The number of aliphatic hydroxyl groups is 1. The molecule has 0 bridgehead atoms. The summed E-state index contributed by atoms with van der Waals surface area (Å²) in [6.45, 7) is 4.57. The maximum Gasteiger partial charge on any atom is 0.422 e. The monoisotopic (exact) mass is 529 g/mol. The normalized spacial score (nSPS) is 32.1. The molecule has 2 aliphatic heterocycles. The number of likely N-dealkylation sites (tertiary alicyclic amines) is 1. The predicted octanol–water partition coefficient (Wildman–Crippen LogP) is 3.18. The second-order valence-corrected chi connectivity index (χ2v) is 14.1. The van der Waals surface area contributed by atoms with E-state index in [0.717, 1.165) is 23.7 Å². The van der Waals surface area contributed by atoms with E-state index in [1.54, 1.807) is 19.9 Å². The molecule has 0 spiro atoms. The highest BCUT2D eigenvalue weighted by molar-refractivity contribution is 7.79. The molecule has 2 aromatic rings. The average molecular weight is 529 g/mol. The number of aromatic nitrogens is 1. The highest BCUT2D eigenvalue weighted by Gasteiger charge is 2.74. The summed E-state index contributed by atoms with van der Waals surface area (Å²) in [5.41, 5.74) is -0.707. The Labute approximate surface area is 200 Å². The van der Waals surface area contributed by atoms with Crippen molar-refractivity contribution in [2.45, 2.75) is 31.6 Å². The first kappa shape index (κ1) is 25.8. The SMILES string of the molecule is CC1(C)CN(C(=O)Oc2ccc(C3OP(=O)(O)C(O)(Cc4cccnc4)[P+](C)(O)O3)c(F)c2)C1=O. The van der Waals surface area contributed by atoms with Crippen molar-refractivity contribution in [1.29, 1.82) is 0 Å². The van der Waals surface area contributed by atoms with Crippen molar-refractivity contribution in [3.05, 3.63) is 59.7 Å². The number of carbonyl (C=O) groups is 2. The Morgan fingerprint density at radius 2 is 2.11 bits per heavy atom. The Hall–Kier alpha value is -2.30. The van der Waals surface area contributed by atoms with Gasteiger partial charge in [0.2, 0.25) is 12.2 Å². The van der Waals surface area contributed by atoms with Crippen molar-refractivity contribution >= 4 is 27.3 Å². The summed E-state index contributed by atoms with van der Waals surface area (Å²) >= 11 is 0. The van der Waals surface area contributed by atoms with E-state index in [9.17, 15) is 33.4 Å². The Morgan fingerprint density at radius 1 is 1.40 bits per heavy atom. The summed E-state index contributed by atoms with van der Waals surface area (Å²) in [7, 11) is -9.05. The molecule has 4 unspecified atom stereocenters. The largest absolute Gasteiger partial charge is 0.422 e. The van der Waals surface area contributed by atoms with Gasteiger partial charge >= 0.3 is 26.5 Å². The molecule has 2 aliphatic rings. The minimum Gasteiger partial charge on any atom is -0.410 e. The Kier molecular flexibility index (Phi) is 6.39. The van der Waals surface area contributed by atoms with Gasteiger partial charge in [0, 0.05) is 30.6 Å². The molecule has 1 aromatic carbocycles. The van der Waals surface area contributed by atoms with E-state index in [-0.39, 0.29) is 17.9 Å². The number of halogens is 1. The van der Waals surface area contributed by atoms with Crippen molar-refractivity contribution in [3.63, 3.8) is 0 Å². The van der Waals surface area contributed by atoms with Crippen LogP contribution < -0.4 is 4.74 Å². The van der Waals surface area contributed by atoms with E-state index < -0.39 is 56.3 Å². The van der Waals surface area contributed by atoms with Gasteiger partial charge in [-0.05, 0) is 37.6 Å². The zero-order valence-electron chi connectivity index (χ0n) is 19.0. The van der Waals surface area contributed by atoms with Gasteiger partial charge in [-0.15, -0.1) is 0 Å². The highest BCUT2D eigenvalue weighted by Crippen LogP contribution is 2.83. The summed E-state index contributed by atoms with van der Waals surface area (Å²) in [6.07, 6.45) is -0.481. The van der Waals surface area contributed by atoms with Gasteiger partial charge in [0.1, 0.15) is 18.2 Å². The zero-order chi connectivity index (χ0) is 25.8. The molecule has 0 saturated carbocycles. The summed E-state index contributed by atoms with van der Waals surface area (Å²) in [5.74, 6) is -1.69. The minimum atomic E-state index is -4.99. The van der Waals surface area contributed by atoms with Crippen LogP contribution in [0, 0.1) is 11.2 Å². The number of pyridine rings is 1. The van der Waals surface area contributed by atoms with Gasteiger partial charge in [-0.1, -0.05) is 6.07 Å². The van der Waals surface area contributed by atoms with Crippen LogP contribution in [-0.4, -0.2) is 55.1 Å². The molecular weight excluding hydrogens is 505 g/mol. The van der Waals surface area contributed by atoms with Crippen molar-refractivity contribution in [2.24, 2.45) is 5.41 Å². The Morgan fingerprint density at radius 3 is 2.66 bits per heavy atom. The number of carbonyl (C=O) groups excluding carboxylic acids is 2. The molecule has 188 valence electrons. The van der Waals surface area contributed by atoms with Crippen molar-refractivity contribution < 1.29 is 47.2 Å². The van der Waals surface area contributed by atoms with Crippen LogP contribution in [0.15, 0.2) is 42.7 Å². The van der Waals surface area contributed by atoms with Gasteiger partial charge in [-0.3, -0.25) is 18.9 Å². The number of hydrogen-bond donors (Lipinski definition) is 3. The number of nitrogens with zero attached hydrogens (tertiary/aromatic N) is 2.